The van der Waals surface area contributed by atoms with E-state index in [-0.39, 0.29) is 22.8 Å². The zero-order chi connectivity index (χ0) is 18.8. The third kappa shape index (κ3) is 24.0. The minimum Gasteiger partial charge on any atom is -0.469 e. The van der Waals surface area contributed by atoms with Crippen LogP contribution in [0.2, 0.25) is 0 Å². The average molecular weight is 318 g/mol. The molecule has 0 N–H and O–H groups in total. The van der Waals surface area contributed by atoms with Gasteiger partial charge in [-0.05, 0) is 53.9 Å². The van der Waals surface area contributed by atoms with Crippen LogP contribution in [0, 0.1) is 16.2 Å². The van der Waals surface area contributed by atoms with E-state index in [1.165, 1.54) is 7.11 Å². The van der Waals surface area contributed by atoms with Gasteiger partial charge < -0.3 is 9.47 Å². The molecule has 0 amide bonds. The first-order valence-electron chi connectivity index (χ1n) is 7.72. The van der Waals surface area contributed by atoms with Gasteiger partial charge in [0.25, 0.3) is 0 Å². The molecule has 0 aromatic carbocycles. The molecule has 0 aromatic rings. The third-order valence-electron chi connectivity index (χ3n) is 1.69. The first-order chi connectivity index (χ1) is 9.46. The molecule has 0 fully saturated rings. The Labute approximate surface area is 138 Å². The van der Waals surface area contributed by atoms with Gasteiger partial charge in [-0.2, -0.15) is 0 Å². The maximum absolute atomic E-state index is 10.8. The van der Waals surface area contributed by atoms with Crippen LogP contribution in [-0.4, -0.2) is 25.7 Å². The lowest BCUT2D eigenvalue weighted by molar-refractivity contribution is -0.152. The molecule has 0 aliphatic rings. The average Bonchev–Trinajstić information content (AvgIpc) is 2.24. The Kier molecular flexibility index (Phi) is 12.5. The molecule has 0 atom stereocenters. The number of esters is 2. The maximum Gasteiger partial charge on any atom is 0.311 e. The van der Waals surface area contributed by atoms with Crippen LogP contribution >= 0.6 is 0 Å². The van der Waals surface area contributed by atoms with Crippen molar-refractivity contribution in [3.63, 3.8) is 0 Å². The van der Waals surface area contributed by atoms with Gasteiger partial charge in [0, 0.05) is 0 Å². The summed E-state index contributed by atoms with van der Waals surface area (Å²) in [5.41, 5.74) is -0.204. The van der Waals surface area contributed by atoms with E-state index >= 15 is 0 Å². The Morgan fingerprint density at radius 1 is 0.727 bits per heavy atom. The van der Waals surface area contributed by atoms with E-state index in [9.17, 15) is 9.59 Å². The van der Waals surface area contributed by atoms with E-state index in [0.717, 1.165) is 0 Å². The van der Waals surface area contributed by atoms with Crippen molar-refractivity contribution in [3.05, 3.63) is 0 Å². The van der Waals surface area contributed by atoms with E-state index in [0.29, 0.717) is 12.0 Å². The van der Waals surface area contributed by atoms with Crippen LogP contribution < -0.4 is 0 Å². The standard InChI is InChI=1S/C7H14O2.C6H12O2.C5H12/c1-5-9-6(8)7(2,3)4;1-6(2,3)5(7)8-4;1-5(2,3)4/h5H2,1-4H3;1-4H3;1-4H3. The fourth-order valence-electron chi connectivity index (χ4n) is 0.654. The van der Waals surface area contributed by atoms with Crippen LogP contribution in [0.4, 0.5) is 0 Å². The quantitative estimate of drug-likeness (QED) is 0.648. The van der Waals surface area contributed by atoms with E-state index in [4.69, 9.17) is 4.74 Å². The van der Waals surface area contributed by atoms with Gasteiger partial charge in [0.05, 0.1) is 24.5 Å². The lowest BCUT2D eigenvalue weighted by atomic mass is 9.97. The van der Waals surface area contributed by atoms with E-state index in [1.807, 2.05) is 48.5 Å². The molecule has 0 aromatic heterocycles. The molecule has 22 heavy (non-hydrogen) atoms. The zero-order valence-electron chi connectivity index (χ0n) is 16.8. The molecule has 0 spiro atoms. The Hall–Kier alpha value is -1.06. The molecular formula is C18H38O4. The summed E-state index contributed by atoms with van der Waals surface area (Å²) in [6.45, 7) is 22.0. The van der Waals surface area contributed by atoms with Gasteiger partial charge >= 0.3 is 11.9 Å². The van der Waals surface area contributed by atoms with Gasteiger partial charge in [-0.15, -0.1) is 0 Å². The number of hydrogen-bond donors (Lipinski definition) is 0. The lowest BCUT2D eigenvalue weighted by Crippen LogP contribution is -2.22. The van der Waals surface area contributed by atoms with E-state index in [1.54, 1.807) is 0 Å². The minimum atomic E-state index is -0.352. The predicted octanol–water partition coefficient (Wildman–Crippen LogP) is 4.85. The summed E-state index contributed by atoms with van der Waals surface area (Å²) in [5.74, 6) is -0.303. The highest BCUT2D eigenvalue weighted by Crippen LogP contribution is 2.14. The lowest BCUT2D eigenvalue weighted by Gasteiger charge is -2.14. The van der Waals surface area contributed by atoms with Crippen LogP contribution in [0.3, 0.4) is 0 Å². The first kappa shape index (κ1) is 25.9. The Morgan fingerprint density at radius 2 is 1.00 bits per heavy atom. The van der Waals surface area contributed by atoms with Crippen LogP contribution in [0.1, 0.15) is 76.2 Å². The summed E-state index contributed by atoms with van der Waals surface area (Å²) in [6, 6.07) is 0. The van der Waals surface area contributed by atoms with Gasteiger partial charge in [-0.3, -0.25) is 9.59 Å². The summed E-state index contributed by atoms with van der Waals surface area (Å²) < 4.78 is 9.24. The summed E-state index contributed by atoms with van der Waals surface area (Å²) in [7, 11) is 1.40. The van der Waals surface area contributed by atoms with Gasteiger partial charge in [0.2, 0.25) is 0 Å². The second-order valence-corrected chi connectivity index (χ2v) is 8.71. The molecule has 0 rings (SSSR count). The number of methoxy groups -OCH3 is 1. The van der Waals surface area contributed by atoms with Crippen LogP contribution in [0.15, 0.2) is 0 Å². The first-order valence-corrected chi connectivity index (χ1v) is 7.72. The monoisotopic (exact) mass is 318 g/mol. The van der Waals surface area contributed by atoms with E-state index < -0.39 is 0 Å². The maximum atomic E-state index is 10.8. The highest BCUT2D eigenvalue weighted by molar-refractivity contribution is 5.75. The predicted molar refractivity (Wildman–Crippen MR) is 92.7 cm³/mol. The smallest absolute Gasteiger partial charge is 0.311 e. The summed E-state index contributed by atoms with van der Waals surface area (Å²) in [4.78, 5) is 21.5. The highest BCUT2D eigenvalue weighted by Gasteiger charge is 2.22. The Bertz CT molecular complexity index is 305. The van der Waals surface area contributed by atoms with Crippen LogP contribution in [-0.2, 0) is 19.1 Å². The summed E-state index contributed by atoms with van der Waals surface area (Å²) in [6.07, 6.45) is 0. The second kappa shape index (κ2) is 10.6. The molecule has 0 saturated carbocycles. The molecule has 0 radical (unpaired) electrons. The molecular weight excluding hydrogens is 280 g/mol. The normalized spacial score (nSPS) is 11.3. The molecule has 0 aliphatic heterocycles. The molecule has 0 unspecified atom stereocenters. The van der Waals surface area contributed by atoms with E-state index in [2.05, 4.69) is 32.4 Å². The number of ether oxygens (including phenoxy) is 2. The number of carbonyl (C=O) groups is 2. The van der Waals surface area contributed by atoms with Crippen LogP contribution in [0.5, 0.6) is 0 Å². The Morgan fingerprint density at radius 3 is 1.05 bits per heavy atom. The zero-order valence-corrected chi connectivity index (χ0v) is 16.8. The van der Waals surface area contributed by atoms with Crippen molar-refractivity contribution >= 4 is 11.9 Å². The van der Waals surface area contributed by atoms with Gasteiger partial charge in [0.1, 0.15) is 0 Å². The Balaban J connectivity index is -0.000000257. The largest absolute Gasteiger partial charge is 0.469 e. The highest BCUT2D eigenvalue weighted by atomic mass is 16.5. The SMILES string of the molecule is CC(C)(C)C.CCOC(=O)C(C)(C)C.COC(=O)C(C)(C)C. The fraction of sp³-hybridized carbons (Fsp3) is 0.889. The number of hydrogen-bond acceptors (Lipinski definition) is 4. The molecule has 0 heterocycles. The van der Waals surface area contributed by atoms with Crippen molar-refractivity contribution in [2.75, 3.05) is 13.7 Å². The van der Waals surface area contributed by atoms with Crippen molar-refractivity contribution in [2.24, 2.45) is 16.2 Å². The van der Waals surface area contributed by atoms with Gasteiger partial charge in [-0.25, -0.2) is 0 Å². The van der Waals surface area contributed by atoms with Gasteiger partial charge in [-0.1, -0.05) is 27.7 Å². The summed E-state index contributed by atoms with van der Waals surface area (Å²) in [5, 5.41) is 0. The third-order valence-corrected chi connectivity index (χ3v) is 1.69. The van der Waals surface area contributed by atoms with Crippen LogP contribution in [0.25, 0.3) is 0 Å². The molecule has 134 valence electrons. The molecule has 0 saturated heterocycles. The number of carbonyl (C=O) groups excluding carboxylic acids is 2. The number of rotatable bonds is 1. The molecule has 4 heteroatoms. The van der Waals surface area contributed by atoms with Gasteiger partial charge in [0.15, 0.2) is 0 Å². The topological polar surface area (TPSA) is 52.6 Å². The molecule has 0 bridgehead atoms. The van der Waals surface area contributed by atoms with Crippen molar-refractivity contribution in [3.8, 4) is 0 Å². The van der Waals surface area contributed by atoms with Crippen molar-refractivity contribution in [2.45, 2.75) is 76.2 Å². The van der Waals surface area contributed by atoms with Crippen molar-refractivity contribution < 1.29 is 19.1 Å². The van der Waals surface area contributed by atoms with Crippen molar-refractivity contribution in [1.29, 1.82) is 0 Å². The summed E-state index contributed by atoms with van der Waals surface area (Å²) >= 11 is 0. The molecule has 0 aliphatic carbocycles. The fourth-order valence-corrected chi connectivity index (χ4v) is 0.654. The van der Waals surface area contributed by atoms with Crippen molar-refractivity contribution in [1.82, 2.24) is 0 Å². The minimum absolute atomic E-state index is 0.134. The molecule has 4 nitrogen and oxygen atoms in total. The second-order valence-electron chi connectivity index (χ2n) is 8.71.